The molecule has 0 unspecified atom stereocenters. The molecule has 0 radical (unpaired) electrons. The van der Waals surface area contributed by atoms with E-state index in [1.165, 1.54) is 4.90 Å². The number of rotatable bonds is 6. The van der Waals surface area contributed by atoms with E-state index >= 15 is 0 Å². The van der Waals surface area contributed by atoms with Gasteiger partial charge in [0, 0.05) is 12.6 Å². The van der Waals surface area contributed by atoms with Crippen LogP contribution in [0.4, 0.5) is 4.79 Å². The lowest BCUT2D eigenvalue weighted by atomic mass is 10.1. The third-order valence-electron chi connectivity index (χ3n) is 2.96. The molecule has 5 nitrogen and oxygen atoms in total. The van der Waals surface area contributed by atoms with E-state index < -0.39 is 18.0 Å². The van der Waals surface area contributed by atoms with Gasteiger partial charge in [-0.25, -0.2) is 4.79 Å². The van der Waals surface area contributed by atoms with E-state index in [-0.39, 0.29) is 19.2 Å². The normalized spacial score (nSPS) is 12.0. The van der Waals surface area contributed by atoms with E-state index in [1.54, 1.807) is 6.92 Å². The van der Waals surface area contributed by atoms with Gasteiger partial charge in [0.25, 0.3) is 0 Å². The van der Waals surface area contributed by atoms with Crippen LogP contribution in [0.1, 0.15) is 26.3 Å². The molecule has 1 aromatic rings. The summed E-state index contributed by atoms with van der Waals surface area (Å²) in [5.74, 6) is -1.55. The van der Waals surface area contributed by atoms with Crippen LogP contribution in [0.25, 0.3) is 0 Å². The second-order valence-electron chi connectivity index (χ2n) is 5.03. The molecule has 1 atom stereocenters. The molecular formula is C15H21NO4. The van der Waals surface area contributed by atoms with Crippen molar-refractivity contribution in [2.45, 2.75) is 33.4 Å². The summed E-state index contributed by atoms with van der Waals surface area (Å²) in [6.45, 7) is 5.56. The standard InChI is InChI=1S/C15H21NO4/c1-11(2)16(9-12(3)14(17)18)15(19)20-10-13-7-5-4-6-8-13/h4-8,11-12H,9-10H2,1-3H3,(H,17,18)/t12-/m0/s1. The summed E-state index contributed by atoms with van der Waals surface area (Å²) in [4.78, 5) is 24.3. The molecule has 0 aromatic heterocycles. The molecule has 1 N–H and O–H groups in total. The van der Waals surface area contributed by atoms with E-state index in [0.717, 1.165) is 5.56 Å². The van der Waals surface area contributed by atoms with E-state index in [4.69, 9.17) is 9.84 Å². The summed E-state index contributed by atoms with van der Waals surface area (Å²) >= 11 is 0. The minimum atomic E-state index is -0.925. The Balaban J connectivity index is 2.58. The molecule has 0 saturated heterocycles. The van der Waals surface area contributed by atoms with Crippen molar-refractivity contribution in [3.05, 3.63) is 35.9 Å². The largest absolute Gasteiger partial charge is 0.481 e. The zero-order valence-electron chi connectivity index (χ0n) is 12.1. The Morgan fingerprint density at radius 3 is 2.30 bits per heavy atom. The molecule has 110 valence electrons. The van der Waals surface area contributed by atoms with Crippen LogP contribution < -0.4 is 0 Å². The quantitative estimate of drug-likeness (QED) is 0.869. The van der Waals surface area contributed by atoms with Gasteiger partial charge in [-0.3, -0.25) is 4.79 Å². The van der Waals surface area contributed by atoms with Gasteiger partial charge in [-0.15, -0.1) is 0 Å². The Morgan fingerprint density at radius 2 is 1.80 bits per heavy atom. The fourth-order valence-electron chi connectivity index (χ4n) is 1.67. The van der Waals surface area contributed by atoms with Gasteiger partial charge in [-0.2, -0.15) is 0 Å². The lowest BCUT2D eigenvalue weighted by molar-refractivity contribution is -0.141. The van der Waals surface area contributed by atoms with Gasteiger partial charge in [0.15, 0.2) is 0 Å². The summed E-state index contributed by atoms with van der Waals surface area (Å²) in [5.41, 5.74) is 0.899. The summed E-state index contributed by atoms with van der Waals surface area (Å²) in [5, 5.41) is 8.92. The van der Waals surface area contributed by atoms with Crippen molar-refractivity contribution in [3.63, 3.8) is 0 Å². The van der Waals surface area contributed by atoms with E-state index in [9.17, 15) is 9.59 Å². The lowest BCUT2D eigenvalue weighted by Crippen LogP contribution is -2.41. The summed E-state index contributed by atoms with van der Waals surface area (Å²) in [7, 11) is 0. The molecule has 0 fully saturated rings. The van der Waals surface area contributed by atoms with Crippen LogP contribution >= 0.6 is 0 Å². The van der Waals surface area contributed by atoms with Gasteiger partial charge in [0.2, 0.25) is 0 Å². The maximum atomic E-state index is 12.0. The molecule has 0 spiro atoms. The second-order valence-corrected chi connectivity index (χ2v) is 5.03. The highest BCUT2D eigenvalue weighted by molar-refractivity contribution is 5.72. The Bertz CT molecular complexity index is 444. The number of carboxylic acid groups (broad SMARTS) is 1. The molecule has 0 bridgehead atoms. The van der Waals surface area contributed by atoms with Gasteiger partial charge >= 0.3 is 12.1 Å². The third kappa shape index (κ3) is 4.91. The van der Waals surface area contributed by atoms with Gasteiger partial charge in [0.1, 0.15) is 6.61 Å². The Kier molecular flexibility index (Phi) is 6.03. The van der Waals surface area contributed by atoms with Crippen LogP contribution in [0.15, 0.2) is 30.3 Å². The highest BCUT2D eigenvalue weighted by atomic mass is 16.6. The zero-order chi connectivity index (χ0) is 15.1. The molecule has 5 heteroatoms. The first-order valence-electron chi connectivity index (χ1n) is 6.62. The average Bonchev–Trinajstić information content (AvgIpc) is 2.42. The molecule has 0 aliphatic rings. The number of amides is 1. The number of ether oxygens (including phenoxy) is 1. The molecule has 1 aromatic carbocycles. The SMILES string of the molecule is CC(C)N(C[C@H](C)C(=O)O)C(=O)OCc1ccccc1. The highest BCUT2D eigenvalue weighted by Crippen LogP contribution is 2.09. The first kappa shape index (κ1) is 16.0. The minimum Gasteiger partial charge on any atom is -0.481 e. The first-order chi connectivity index (χ1) is 9.41. The highest BCUT2D eigenvalue weighted by Gasteiger charge is 2.23. The molecule has 0 aliphatic carbocycles. The molecule has 0 saturated carbocycles. The van der Waals surface area contributed by atoms with Crippen LogP contribution in [-0.4, -0.2) is 34.7 Å². The number of hydrogen-bond acceptors (Lipinski definition) is 3. The number of nitrogens with zero attached hydrogens (tertiary/aromatic N) is 1. The van der Waals surface area contributed by atoms with Gasteiger partial charge in [-0.1, -0.05) is 37.3 Å². The van der Waals surface area contributed by atoms with Crippen LogP contribution in [-0.2, 0) is 16.1 Å². The smallest absolute Gasteiger partial charge is 0.410 e. The molecule has 20 heavy (non-hydrogen) atoms. The Labute approximate surface area is 119 Å². The zero-order valence-corrected chi connectivity index (χ0v) is 12.1. The van der Waals surface area contributed by atoms with Gasteiger partial charge in [-0.05, 0) is 19.4 Å². The molecular weight excluding hydrogens is 258 g/mol. The van der Waals surface area contributed by atoms with Crippen molar-refractivity contribution < 1.29 is 19.4 Å². The predicted octanol–water partition coefficient (Wildman–Crippen LogP) is 2.75. The molecule has 1 rings (SSSR count). The van der Waals surface area contributed by atoms with Crippen molar-refractivity contribution >= 4 is 12.1 Å². The van der Waals surface area contributed by atoms with Crippen LogP contribution in [0, 0.1) is 5.92 Å². The maximum Gasteiger partial charge on any atom is 0.410 e. The van der Waals surface area contributed by atoms with Crippen molar-refractivity contribution in [2.75, 3.05) is 6.54 Å². The third-order valence-corrected chi connectivity index (χ3v) is 2.96. The van der Waals surface area contributed by atoms with Crippen molar-refractivity contribution in [1.29, 1.82) is 0 Å². The van der Waals surface area contributed by atoms with Crippen LogP contribution in [0.5, 0.6) is 0 Å². The molecule has 1 amide bonds. The van der Waals surface area contributed by atoms with Gasteiger partial charge in [0.05, 0.1) is 5.92 Å². The Hall–Kier alpha value is -2.04. The fourth-order valence-corrected chi connectivity index (χ4v) is 1.67. The Morgan fingerprint density at radius 1 is 1.20 bits per heavy atom. The van der Waals surface area contributed by atoms with Crippen molar-refractivity contribution in [2.24, 2.45) is 5.92 Å². The minimum absolute atomic E-state index is 0.111. The van der Waals surface area contributed by atoms with Crippen LogP contribution in [0.2, 0.25) is 0 Å². The number of benzene rings is 1. The van der Waals surface area contributed by atoms with E-state index in [0.29, 0.717) is 0 Å². The summed E-state index contributed by atoms with van der Waals surface area (Å²) in [6, 6.07) is 9.26. The summed E-state index contributed by atoms with van der Waals surface area (Å²) in [6.07, 6.45) is -0.489. The number of carbonyl (C=O) groups excluding carboxylic acids is 1. The lowest BCUT2D eigenvalue weighted by Gasteiger charge is -2.27. The average molecular weight is 279 g/mol. The van der Waals surface area contributed by atoms with Crippen molar-refractivity contribution in [1.82, 2.24) is 4.90 Å². The van der Waals surface area contributed by atoms with Crippen molar-refractivity contribution in [3.8, 4) is 0 Å². The maximum absolute atomic E-state index is 12.0. The van der Waals surface area contributed by atoms with E-state index in [1.807, 2.05) is 44.2 Å². The first-order valence-corrected chi connectivity index (χ1v) is 6.62. The number of carboxylic acids is 1. The number of carbonyl (C=O) groups is 2. The monoisotopic (exact) mass is 279 g/mol. The predicted molar refractivity (Wildman–Crippen MR) is 75.3 cm³/mol. The number of hydrogen-bond donors (Lipinski definition) is 1. The fraction of sp³-hybridized carbons (Fsp3) is 0.467. The molecule has 0 aliphatic heterocycles. The van der Waals surface area contributed by atoms with Gasteiger partial charge < -0.3 is 14.7 Å². The topological polar surface area (TPSA) is 66.8 Å². The molecule has 0 heterocycles. The second kappa shape index (κ2) is 7.53. The van der Waals surface area contributed by atoms with Crippen LogP contribution in [0.3, 0.4) is 0 Å². The number of aliphatic carboxylic acids is 1. The van der Waals surface area contributed by atoms with E-state index in [2.05, 4.69) is 0 Å². The summed E-state index contributed by atoms with van der Waals surface area (Å²) < 4.78 is 5.23.